The van der Waals surface area contributed by atoms with Gasteiger partial charge >= 0.3 is 0 Å². The van der Waals surface area contributed by atoms with E-state index in [1.165, 1.54) is 0 Å². The minimum absolute atomic E-state index is 0.277. The van der Waals surface area contributed by atoms with Gasteiger partial charge in [0.2, 0.25) is 0 Å². The van der Waals surface area contributed by atoms with Gasteiger partial charge in [0.05, 0.1) is 0 Å². The molecule has 0 bridgehead atoms. The zero-order valence-corrected chi connectivity index (χ0v) is 10.3. The molecule has 15 heavy (non-hydrogen) atoms. The first-order valence-electron chi connectivity index (χ1n) is 5.17. The van der Waals surface area contributed by atoms with Crippen molar-refractivity contribution in [2.45, 2.75) is 25.9 Å². The molecule has 0 fully saturated rings. The van der Waals surface area contributed by atoms with Crippen molar-refractivity contribution in [3.8, 4) is 5.75 Å². The van der Waals surface area contributed by atoms with Gasteiger partial charge in [-0.2, -0.15) is 11.8 Å². The van der Waals surface area contributed by atoms with E-state index in [9.17, 15) is 5.11 Å². The highest BCUT2D eigenvalue weighted by Gasteiger charge is 2.08. The fourth-order valence-electron chi connectivity index (χ4n) is 1.62. The normalized spacial score (nSPS) is 14.9. The lowest BCUT2D eigenvalue weighted by Gasteiger charge is -2.19. The largest absolute Gasteiger partial charge is 0.508 e. The molecule has 0 radical (unpaired) electrons. The Balaban J connectivity index is 2.56. The standard InChI is InChI=1S/C12H19NOS/c1-9(8-15-3)13-10(2)11-5-4-6-12(14)7-11/h4-7,9-10,13-14H,8H2,1-3H3. The molecule has 0 saturated heterocycles. The third-order valence-electron chi connectivity index (χ3n) is 2.32. The number of rotatable bonds is 5. The summed E-state index contributed by atoms with van der Waals surface area (Å²) >= 11 is 1.84. The van der Waals surface area contributed by atoms with E-state index in [2.05, 4.69) is 25.4 Å². The fraction of sp³-hybridized carbons (Fsp3) is 0.500. The monoisotopic (exact) mass is 225 g/mol. The van der Waals surface area contributed by atoms with Gasteiger partial charge in [-0.3, -0.25) is 0 Å². The predicted octanol–water partition coefficient (Wildman–Crippen LogP) is 2.79. The summed E-state index contributed by atoms with van der Waals surface area (Å²) in [6.07, 6.45) is 2.11. The Morgan fingerprint density at radius 1 is 1.40 bits per heavy atom. The number of nitrogens with one attached hydrogen (secondary N) is 1. The van der Waals surface area contributed by atoms with Crippen LogP contribution in [-0.4, -0.2) is 23.2 Å². The first-order chi connectivity index (χ1) is 7.13. The number of thioether (sulfide) groups is 1. The molecular formula is C12H19NOS. The van der Waals surface area contributed by atoms with Crippen LogP contribution in [0.25, 0.3) is 0 Å². The predicted molar refractivity (Wildman–Crippen MR) is 67.5 cm³/mol. The van der Waals surface area contributed by atoms with Crippen LogP contribution in [-0.2, 0) is 0 Å². The first-order valence-corrected chi connectivity index (χ1v) is 6.56. The number of aromatic hydroxyl groups is 1. The topological polar surface area (TPSA) is 32.3 Å². The lowest BCUT2D eigenvalue weighted by Crippen LogP contribution is -2.30. The lowest BCUT2D eigenvalue weighted by molar-refractivity contribution is 0.469. The summed E-state index contributed by atoms with van der Waals surface area (Å²) in [6.45, 7) is 4.29. The van der Waals surface area contributed by atoms with Crippen LogP contribution >= 0.6 is 11.8 Å². The Morgan fingerprint density at radius 3 is 2.73 bits per heavy atom. The molecule has 0 aromatic heterocycles. The molecule has 2 nitrogen and oxygen atoms in total. The molecule has 2 unspecified atom stereocenters. The van der Waals surface area contributed by atoms with Gasteiger partial charge in [-0.15, -0.1) is 0 Å². The first kappa shape index (κ1) is 12.4. The molecule has 2 N–H and O–H groups in total. The summed E-state index contributed by atoms with van der Waals surface area (Å²) in [4.78, 5) is 0. The smallest absolute Gasteiger partial charge is 0.115 e. The van der Waals surface area contributed by atoms with Gasteiger partial charge in [-0.1, -0.05) is 12.1 Å². The second-order valence-corrected chi connectivity index (χ2v) is 4.75. The molecule has 2 atom stereocenters. The highest BCUT2D eigenvalue weighted by Crippen LogP contribution is 2.18. The van der Waals surface area contributed by atoms with E-state index >= 15 is 0 Å². The molecule has 0 aliphatic heterocycles. The lowest BCUT2D eigenvalue weighted by atomic mass is 10.1. The van der Waals surface area contributed by atoms with Gasteiger partial charge in [-0.25, -0.2) is 0 Å². The zero-order chi connectivity index (χ0) is 11.3. The second-order valence-electron chi connectivity index (χ2n) is 3.84. The van der Waals surface area contributed by atoms with Crippen LogP contribution in [0.4, 0.5) is 0 Å². The van der Waals surface area contributed by atoms with E-state index in [0.29, 0.717) is 11.8 Å². The minimum atomic E-state index is 0.277. The Kier molecular flexibility index (Phi) is 4.99. The van der Waals surface area contributed by atoms with E-state index in [4.69, 9.17) is 0 Å². The third-order valence-corrected chi connectivity index (χ3v) is 3.15. The van der Waals surface area contributed by atoms with E-state index < -0.39 is 0 Å². The number of phenolic OH excluding ortho intramolecular Hbond substituents is 1. The number of hydrogen-bond donors (Lipinski definition) is 2. The van der Waals surface area contributed by atoms with Crippen LogP contribution in [0.3, 0.4) is 0 Å². The maximum atomic E-state index is 9.37. The minimum Gasteiger partial charge on any atom is -0.508 e. The van der Waals surface area contributed by atoms with Crippen molar-refractivity contribution in [2.24, 2.45) is 0 Å². The van der Waals surface area contributed by atoms with Gasteiger partial charge in [0, 0.05) is 17.8 Å². The maximum absolute atomic E-state index is 9.37. The molecular weight excluding hydrogens is 206 g/mol. The van der Waals surface area contributed by atoms with Gasteiger partial charge in [-0.05, 0) is 37.8 Å². The Bertz CT molecular complexity index is 303. The Hall–Kier alpha value is -0.670. The maximum Gasteiger partial charge on any atom is 0.115 e. The van der Waals surface area contributed by atoms with Crippen molar-refractivity contribution < 1.29 is 5.11 Å². The van der Waals surface area contributed by atoms with E-state index in [1.54, 1.807) is 6.07 Å². The van der Waals surface area contributed by atoms with Crippen LogP contribution in [0.2, 0.25) is 0 Å². The summed E-state index contributed by atoms with van der Waals surface area (Å²) in [5.41, 5.74) is 1.13. The fourth-order valence-corrected chi connectivity index (χ4v) is 2.21. The van der Waals surface area contributed by atoms with Crippen molar-refractivity contribution in [1.29, 1.82) is 0 Å². The van der Waals surface area contributed by atoms with Crippen molar-refractivity contribution in [2.75, 3.05) is 12.0 Å². The molecule has 0 aliphatic rings. The van der Waals surface area contributed by atoms with E-state index in [0.717, 1.165) is 11.3 Å². The molecule has 0 saturated carbocycles. The molecule has 3 heteroatoms. The van der Waals surface area contributed by atoms with Crippen molar-refractivity contribution in [3.63, 3.8) is 0 Å². The Morgan fingerprint density at radius 2 is 2.13 bits per heavy atom. The average Bonchev–Trinajstić information content (AvgIpc) is 2.18. The summed E-state index contributed by atoms with van der Waals surface area (Å²) in [5.74, 6) is 1.43. The second kappa shape index (κ2) is 6.03. The summed E-state index contributed by atoms with van der Waals surface area (Å²) < 4.78 is 0. The molecule has 1 rings (SSSR count). The average molecular weight is 225 g/mol. The highest BCUT2D eigenvalue weighted by molar-refractivity contribution is 7.98. The number of hydrogen-bond acceptors (Lipinski definition) is 3. The third kappa shape index (κ3) is 4.14. The van der Waals surface area contributed by atoms with Crippen LogP contribution < -0.4 is 5.32 Å². The van der Waals surface area contributed by atoms with Gasteiger partial charge in [0.1, 0.15) is 5.75 Å². The van der Waals surface area contributed by atoms with Gasteiger partial charge in [0.25, 0.3) is 0 Å². The van der Waals surface area contributed by atoms with Crippen LogP contribution in [0.1, 0.15) is 25.5 Å². The summed E-state index contributed by atoms with van der Waals surface area (Å²) in [7, 11) is 0. The van der Waals surface area contributed by atoms with Crippen LogP contribution in [0, 0.1) is 0 Å². The molecule has 1 aromatic carbocycles. The molecule has 0 aliphatic carbocycles. The van der Waals surface area contributed by atoms with E-state index in [1.807, 2.05) is 30.0 Å². The quantitative estimate of drug-likeness (QED) is 0.808. The van der Waals surface area contributed by atoms with Gasteiger partial charge in [0.15, 0.2) is 0 Å². The van der Waals surface area contributed by atoms with Crippen molar-refractivity contribution in [1.82, 2.24) is 5.32 Å². The summed E-state index contributed by atoms with van der Waals surface area (Å²) in [5, 5.41) is 12.9. The Labute approximate surface area is 96.1 Å². The molecule has 0 amide bonds. The van der Waals surface area contributed by atoms with Crippen LogP contribution in [0.5, 0.6) is 5.75 Å². The molecule has 0 heterocycles. The number of benzene rings is 1. The van der Waals surface area contributed by atoms with Gasteiger partial charge < -0.3 is 10.4 Å². The molecule has 1 aromatic rings. The van der Waals surface area contributed by atoms with E-state index in [-0.39, 0.29) is 6.04 Å². The molecule has 0 spiro atoms. The number of phenols is 1. The molecule has 84 valence electrons. The van der Waals surface area contributed by atoms with Crippen molar-refractivity contribution in [3.05, 3.63) is 29.8 Å². The van der Waals surface area contributed by atoms with Crippen LogP contribution in [0.15, 0.2) is 24.3 Å². The SMILES string of the molecule is CSCC(C)NC(C)c1cccc(O)c1. The van der Waals surface area contributed by atoms with Crippen molar-refractivity contribution >= 4 is 11.8 Å². The zero-order valence-electron chi connectivity index (χ0n) is 9.53. The highest BCUT2D eigenvalue weighted by atomic mass is 32.2. The summed E-state index contributed by atoms with van der Waals surface area (Å²) in [6, 6.07) is 8.17.